The maximum atomic E-state index is 13.4. The SMILES string of the molecule is O=C(O)c1cccc(N/N=C/c2c(F)c(F)c(F)c(F)c2F)c1. The fourth-order valence-corrected chi connectivity index (χ4v) is 1.63. The standard InChI is InChI=1S/C14H7F5N2O2/c15-9-8(10(16)12(18)13(19)11(9)17)5-20-21-7-3-1-2-6(4-7)14(22)23/h1-5,21H,(H,22,23)/b20-5+. The van der Waals surface area contributed by atoms with Gasteiger partial charge >= 0.3 is 5.97 Å². The fraction of sp³-hybridized carbons (Fsp3) is 0. The number of nitrogens with zero attached hydrogens (tertiary/aromatic N) is 1. The molecule has 2 aromatic rings. The van der Waals surface area contributed by atoms with Gasteiger partial charge in [0.05, 0.1) is 23.0 Å². The van der Waals surface area contributed by atoms with E-state index in [1.165, 1.54) is 18.2 Å². The van der Waals surface area contributed by atoms with Gasteiger partial charge in [-0.05, 0) is 18.2 Å². The molecule has 0 radical (unpaired) electrons. The first-order valence-electron chi connectivity index (χ1n) is 5.96. The number of rotatable bonds is 4. The van der Waals surface area contributed by atoms with Crippen LogP contribution in [0, 0.1) is 29.1 Å². The van der Waals surface area contributed by atoms with E-state index in [4.69, 9.17) is 5.11 Å². The Bertz CT molecular complexity index is 779. The Morgan fingerprint density at radius 1 is 1.00 bits per heavy atom. The first-order chi connectivity index (χ1) is 10.8. The Kier molecular flexibility index (Phi) is 4.58. The second-order valence-corrected chi connectivity index (χ2v) is 4.24. The van der Waals surface area contributed by atoms with Crippen molar-refractivity contribution >= 4 is 17.9 Å². The molecule has 0 amide bonds. The van der Waals surface area contributed by atoms with E-state index in [0.717, 1.165) is 6.07 Å². The normalized spacial score (nSPS) is 11.0. The van der Waals surface area contributed by atoms with Crippen LogP contribution in [0.4, 0.5) is 27.6 Å². The predicted molar refractivity (Wildman–Crippen MR) is 70.8 cm³/mol. The smallest absolute Gasteiger partial charge is 0.335 e. The Labute approximate surface area is 125 Å². The number of anilines is 1. The molecule has 2 rings (SSSR count). The van der Waals surface area contributed by atoms with E-state index in [1.807, 2.05) is 0 Å². The van der Waals surface area contributed by atoms with Crippen molar-refractivity contribution in [2.75, 3.05) is 5.43 Å². The molecule has 0 spiro atoms. The van der Waals surface area contributed by atoms with Crippen LogP contribution in [0.25, 0.3) is 0 Å². The molecule has 0 saturated carbocycles. The van der Waals surface area contributed by atoms with Crippen molar-refractivity contribution in [2.45, 2.75) is 0 Å². The van der Waals surface area contributed by atoms with Gasteiger partial charge in [0.25, 0.3) is 0 Å². The van der Waals surface area contributed by atoms with Crippen molar-refractivity contribution < 1.29 is 31.9 Å². The maximum Gasteiger partial charge on any atom is 0.335 e. The molecule has 0 aliphatic rings. The van der Waals surface area contributed by atoms with Crippen molar-refractivity contribution in [1.82, 2.24) is 0 Å². The summed E-state index contributed by atoms with van der Waals surface area (Å²) in [6.45, 7) is 0. The lowest BCUT2D eigenvalue weighted by Crippen LogP contribution is -2.07. The summed E-state index contributed by atoms with van der Waals surface area (Å²) >= 11 is 0. The molecule has 0 aliphatic heterocycles. The summed E-state index contributed by atoms with van der Waals surface area (Å²) in [5.41, 5.74) is 1.07. The lowest BCUT2D eigenvalue weighted by Gasteiger charge is -2.04. The molecule has 0 unspecified atom stereocenters. The van der Waals surface area contributed by atoms with Gasteiger partial charge < -0.3 is 5.11 Å². The molecule has 23 heavy (non-hydrogen) atoms. The van der Waals surface area contributed by atoms with Gasteiger partial charge in [-0.3, -0.25) is 5.43 Å². The van der Waals surface area contributed by atoms with Crippen LogP contribution < -0.4 is 5.43 Å². The molecular weight excluding hydrogens is 323 g/mol. The van der Waals surface area contributed by atoms with Crippen LogP contribution in [-0.4, -0.2) is 17.3 Å². The quantitative estimate of drug-likeness (QED) is 0.296. The minimum Gasteiger partial charge on any atom is -0.478 e. The van der Waals surface area contributed by atoms with Crippen molar-refractivity contribution in [3.05, 3.63) is 64.5 Å². The second-order valence-electron chi connectivity index (χ2n) is 4.24. The van der Waals surface area contributed by atoms with E-state index in [9.17, 15) is 26.7 Å². The summed E-state index contributed by atoms with van der Waals surface area (Å²) in [7, 11) is 0. The average Bonchev–Trinajstić information content (AvgIpc) is 2.54. The maximum absolute atomic E-state index is 13.4. The number of nitrogens with one attached hydrogen (secondary N) is 1. The Morgan fingerprint density at radius 3 is 2.13 bits per heavy atom. The minimum atomic E-state index is -2.26. The van der Waals surface area contributed by atoms with Crippen molar-refractivity contribution in [3.8, 4) is 0 Å². The molecule has 2 aromatic carbocycles. The third-order valence-corrected chi connectivity index (χ3v) is 2.74. The Morgan fingerprint density at radius 2 is 1.57 bits per heavy atom. The highest BCUT2D eigenvalue weighted by Gasteiger charge is 2.24. The van der Waals surface area contributed by atoms with Crippen LogP contribution in [0.15, 0.2) is 29.4 Å². The van der Waals surface area contributed by atoms with Crippen LogP contribution in [0.1, 0.15) is 15.9 Å². The molecule has 120 valence electrons. The Hall–Kier alpha value is -2.97. The second kappa shape index (κ2) is 6.42. The largest absolute Gasteiger partial charge is 0.478 e. The molecule has 2 N–H and O–H groups in total. The molecule has 4 nitrogen and oxygen atoms in total. The lowest BCUT2D eigenvalue weighted by atomic mass is 10.2. The van der Waals surface area contributed by atoms with E-state index < -0.39 is 40.6 Å². The molecule has 0 bridgehead atoms. The monoisotopic (exact) mass is 330 g/mol. The van der Waals surface area contributed by atoms with Gasteiger partial charge in [0, 0.05) is 0 Å². The summed E-state index contributed by atoms with van der Waals surface area (Å²) in [5.74, 6) is -11.7. The number of hydrogen-bond donors (Lipinski definition) is 2. The predicted octanol–water partition coefficient (Wildman–Crippen LogP) is 3.53. The van der Waals surface area contributed by atoms with E-state index in [1.54, 1.807) is 0 Å². The van der Waals surface area contributed by atoms with E-state index in [-0.39, 0.29) is 11.3 Å². The van der Waals surface area contributed by atoms with Crippen LogP contribution >= 0.6 is 0 Å². The molecule has 0 fully saturated rings. The topological polar surface area (TPSA) is 61.7 Å². The third-order valence-electron chi connectivity index (χ3n) is 2.74. The number of halogens is 5. The number of benzene rings is 2. The lowest BCUT2D eigenvalue weighted by molar-refractivity contribution is 0.0697. The molecule has 0 atom stereocenters. The number of aromatic carboxylic acids is 1. The van der Waals surface area contributed by atoms with Crippen LogP contribution in [-0.2, 0) is 0 Å². The highest BCUT2D eigenvalue weighted by atomic mass is 19.2. The zero-order valence-corrected chi connectivity index (χ0v) is 11.1. The van der Waals surface area contributed by atoms with Crippen LogP contribution in [0.3, 0.4) is 0 Å². The molecule has 9 heteroatoms. The minimum absolute atomic E-state index is 0.0820. The van der Waals surface area contributed by atoms with Gasteiger partial charge in [-0.15, -0.1) is 0 Å². The van der Waals surface area contributed by atoms with E-state index >= 15 is 0 Å². The zero-order valence-electron chi connectivity index (χ0n) is 11.1. The zero-order chi connectivity index (χ0) is 17.1. The first kappa shape index (κ1) is 16.4. The molecule has 0 aliphatic carbocycles. The number of carboxylic acid groups (broad SMARTS) is 1. The van der Waals surface area contributed by atoms with Crippen molar-refractivity contribution in [3.63, 3.8) is 0 Å². The van der Waals surface area contributed by atoms with Gasteiger partial charge in [0.1, 0.15) is 0 Å². The first-order valence-corrected chi connectivity index (χ1v) is 5.96. The number of hydrazone groups is 1. The summed E-state index contributed by atoms with van der Waals surface area (Å²) < 4.78 is 65.6. The summed E-state index contributed by atoms with van der Waals surface area (Å²) in [6, 6.07) is 5.22. The van der Waals surface area contributed by atoms with Gasteiger partial charge in [-0.25, -0.2) is 26.7 Å². The van der Waals surface area contributed by atoms with Gasteiger partial charge in [0.15, 0.2) is 23.3 Å². The summed E-state index contributed by atoms with van der Waals surface area (Å²) in [5, 5.41) is 12.1. The van der Waals surface area contributed by atoms with Crippen LogP contribution in [0.5, 0.6) is 0 Å². The molecular formula is C14H7F5N2O2. The van der Waals surface area contributed by atoms with Crippen molar-refractivity contribution in [2.24, 2.45) is 5.10 Å². The highest BCUT2D eigenvalue weighted by molar-refractivity contribution is 5.89. The van der Waals surface area contributed by atoms with Gasteiger partial charge in [0.2, 0.25) is 5.82 Å². The molecule has 0 saturated heterocycles. The number of carbonyl (C=O) groups is 1. The van der Waals surface area contributed by atoms with Crippen molar-refractivity contribution in [1.29, 1.82) is 0 Å². The average molecular weight is 330 g/mol. The van der Waals surface area contributed by atoms with Crippen LogP contribution in [0.2, 0.25) is 0 Å². The fourth-order valence-electron chi connectivity index (χ4n) is 1.63. The van der Waals surface area contributed by atoms with Gasteiger partial charge in [-0.1, -0.05) is 6.07 Å². The van der Waals surface area contributed by atoms with E-state index in [2.05, 4.69) is 10.5 Å². The summed E-state index contributed by atoms with van der Waals surface area (Å²) in [6.07, 6.45) is 0.406. The summed E-state index contributed by atoms with van der Waals surface area (Å²) in [4.78, 5) is 10.8. The number of carboxylic acids is 1. The van der Waals surface area contributed by atoms with Gasteiger partial charge in [-0.2, -0.15) is 5.10 Å². The van der Waals surface area contributed by atoms with E-state index in [0.29, 0.717) is 6.21 Å². The number of hydrogen-bond acceptors (Lipinski definition) is 3. The molecule has 0 heterocycles. The highest BCUT2D eigenvalue weighted by Crippen LogP contribution is 2.21. The third kappa shape index (κ3) is 3.28. The Balaban J connectivity index is 2.28. The molecule has 0 aromatic heterocycles.